The molecule has 0 aliphatic heterocycles. The fourth-order valence-corrected chi connectivity index (χ4v) is 1.99. The number of nitrogens with zero attached hydrogens (tertiary/aromatic N) is 2. The summed E-state index contributed by atoms with van der Waals surface area (Å²) < 4.78 is 37.4. The summed E-state index contributed by atoms with van der Waals surface area (Å²) in [5.41, 5.74) is -0.863. The second kappa shape index (κ2) is 4.96. The predicted molar refractivity (Wildman–Crippen MR) is 64.0 cm³/mol. The molecule has 0 fully saturated rings. The van der Waals surface area contributed by atoms with E-state index in [0.717, 1.165) is 29.7 Å². The van der Waals surface area contributed by atoms with E-state index in [9.17, 15) is 18.0 Å². The van der Waals surface area contributed by atoms with Crippen LogP contribution in [0.1, 0.15) is 20.2 Å². The van der Waals surface area contributed by atoms with E-state index < -0.39 is 17.6 Å². The van der Waals surface area contributed by atoms with Gasteiger partial charge in [-0.05, 0) is 19.1 Å². The SMILES string of the molecule is Cc1ncc(C(=O)Nc2cc(C(F)(F)F)ccn2)s1. The fraction of sp³-hybridized carbons (Fsp3) is 0.182. The standard InChI is InChI=1S/C11H8F3N3OS/c1-6-16-5-8(19-6)10(18)17-9-4-7(2-3-15-9)11(12,13)14/h2-5H,1H3,(H,15,17,18). The molecule has 2 aromatic heterocycles. The van der Waals surface area contributed by atoms with Crippen LogP contribution in [0.25, 0.3) is 0 Å². The Morgan fingerprint density at radius 1 is 1.37 bits per heavy atom. The zero-order valence-corrected chi connectivity index (χ0v) is 10.5. The van der Waals surface area contributed by atoms with Gasteiger partial charge in [0.1, 0.15) is 10.7 Å². The van der Waals surface area contributed by atoms with Crippen LogP contribution in [-0.2, 0) is 6.18 Å². The first-order valence-corrected chi connectivity index (χ1v) is 5.95. The number of amides is 1. The molecule has 0 spiro atoms. The molecule has 1 N–H and O–H groups in total. The molecule has 2 rings (SSSR count). The minimum Gasteiger partial charge on any atom is -0.306 e. The van der Waals surface area contributed by atoms with Crippen molar-refractivity contribution in [3.05, 3.63) is 40.0 Å². The summed E-state index contributed by atoms with van der Waals surface area (Å²) in [6.45, 7) is 1.73. The average molecular weight is 287 g/mol. The summed E-state index contributed by atoms with van der Waals surface area (Å²) in [6.07, 6.45) is -2.11. The first-order chi connectivity index (χ1) is 8.86. The van der Waals surface area contributed by atoms with Gasteiger partial charge in [-0.25, -0.2) is 9.97 Å². The molecule has 0 aliphatic rings. The predicted octanol–water partition coefficient (Wildman–Crippen LogP) is 3.12. The largest absolute Gasteiger partial charge is 0.416 e. The highest BCUT2D eigenvalue weighted by atomic mass is 32.1. The second-order valence-electron chi connectivity index (χ2n) is 3.63. The van der Waals surface area contributed by atoms with E-state index in [1.54, 1.807) is 6.92 Å². The van der Waals surface area contributed by atoms with Crippen molar-refractivity contribution < 1.29 is 18.0 Å². The molecule has 0 unspecified atom stereocenters. The van der Waals surface area contributed by atoms with Gasteiger partial charge in [0.2, 0.25) is 0 Å². The maximum absolute atomic E-state index is 12.5. The van der Waals surface area contributed by atoms with Crippen LogP contribution < -0.4 is 5.32 Å². The zero-order chi connectivity index (χ0) is 14.0. The average Bonchev–Trinajstić information content (AvgIpc) is 2.75. The lowest BCUT2D eigenvalue weighted by Gasteiger charge is -2.08. The molecule has 19 heavy (non-hydrogen) atoms. The number of halogens is 3. The molecule has 0 saturated carbocycles. The minimum atomic E-state index is -4.47. The number of pyridine rings is 1. The van der Waals surface area contributed by atoms with E-state index in [1.165, 1.54) is 6.20 Å². The van der Waals surface area contributed by atoms with Crippen LogP contribution >= 0.6 is 11.3 Å². The quantitative estimate of drug-likeness (QED) is 0.923. The van der Waals surface area contributed by atoms with Crippen molar-refractivity contribution in [2.45, 2.75) is 13.1 Å². The number of nitrogens with one attached hydrogen (secondary N) is 1. The summed E-state index contributed by atoms with van der Waals surface area (Å²) >= 11 is 1.15. The fourth-order valence-electron chi connectivity index (χ4n) is 1.32. The van der Waals surface area contributed by atoms with Gasteiger partial charge in [-0.1, -0.05) is 0 Å². The Hall–Kier alpha value is -1.96. The zero-order valence-electron chi connectivity index (χ0n) is 9.65. The summed E-state index contributed by atoms with van der Waals surface area (Å²) in [4.78, 5) is 19.6. The molecule has 0 saturated heterocycles. The summed E-state index contributed by atoms with van der Waals surface area (Å²) in [7, 11) is 0. The molecule has 0 aromatic carbocycles. The first-order valence-electron chi connectivity index (χ1n) is 5.13. The number of carbonyl (C=O) groups excluding carboxylic acids is 1. The lowest BCUT2D eigenvalue weighted by molar-refractivity contribution is -0.137. The van der Waals surface area contributed by atoms with Gasteiger partial charge in [0, 0.05) is 6.20 Å². The Labute approximate surface area is 110 Å². The molecular weight excluding hydrogens is 279 g/mol. The van der Waals surface area contributed by atoms with Gasteiger partial charge in [0.05, 0.1) is 16.8 Å². The van der Waals surface area contributed by atoms with Gasteiger partial charge < -0.3 is 5.32 Å². The Bertz CT molecular complexity index is 609. The van der Waals surface area contributed by atoms with Gasteiger partial charge in [0.25, 0.3) is 5.91 Å². The Morgan fingerprint density at radius 3 is 2.68 bits per heavy atom. The van der Waals surface area contributed by atoms with E-state index in [4.69, 9.17) is 0 Å². The molecule has 0 bridgehead atoms. The van der Waals surface area contributed by atoms with E-state index in [0.29, 0.717) is 9.88 Å². The van der Waals surface area contributed by atoms with Crippen LogP contribution in [0, 0.1) is 6.92 Å². The van der Waals surface area contributed by atoms with Gasteiger partial charge in [-0.15, -0.1) is 11.3 Å². The van der Waals surface area contributed by atoms with E-state index in [2.05, 4.69) is 15.3 Å². The number of aromatic nitrogens is 2. The van der Waals surface area contributed by atoms with Crippen LogP contribution in [0.5, 0.6) is 0 Å². The molecule has 0 atom stereocenters. The van der Waals surface area contributed by atoms with Crippen LogP contribution in [0.4, 0.5) is 19.0 Å². The first kappa shape index (κ1) is 13.5. The van der Waals surface area contributed by atoms with Crippen LogP contribution in [0.2, 0.25) is 0 Å². The number of carbonyl (C=O) groups is 1. The number of anilines is 1. The molecular formula is C11H8F3N3OS. The number of alkyl halides is 3. The Balaban J connectivity index is 2.18. The highest BCUT2D eigenvalue weighted by molar-refractivity contribution is 7.13. The van der Waals surface area contributed by atoms with Gasteiger partial charge >= 0.3 is 6.18 Å². The monoisotopic (exact) mass is 287 g/mol. The minimum absolute atomic E-state index is 0.147. The van der Waals surface area contributed by atoms with Gasteiger partial charge in [0.15, 0.2) is 0 Å². The smallest absolute Gasteiger partial charge is 0.306 e. The highest BCUT2D eigenvalue weighted by Gasteiger charge is 2.30. The highest BCUT2D eigenvalue weighted by Crippen LogP contribution is 2.30. The normalized spacial score (nSPS) is 11.4. The maximum Gasteiger partial charge on any atom is 0.416 e. The molecule has 2 heterocycles. The van der Waals surface area contributed by atoms with E-state index in [1.807, 2.05) is 0 Å². The summed E-state index contributed by atoms with van der Waals surface area (Å²) in [6, 6.07) is 1.62. The molecule has 0 radical (unpaired) electrons. The molecule has 8 heteroatoms. The van der Waals surface area contributed by atoms with Crippen molar-refractivity contribution in [1.82, 2.24) is 9.97 Å². The third-order valence-electron chi connectivity index (χ3n) is 2.17. The van der Waals surface area contributed by atoms with Crippen molar-refractivity contribution in [3.63, 3.8) is 0 Å². The van der Waals surface area contributed by atoms with Crippen LogP contribution in [0.3, 0.4) is 0 Å². The van der Waals surface area contributed by atoms with Gasteiger partial charge in [-0.3, -0.25) is 4.79 Å². The van der Waals surface area contributed by atoms with E-state index >= 15 is 0 Å². The molecule has 2 aromatic rings. The van der Waals surface area contributed by atoms with Crippen LogP contribution in [-0.4, -0.2) is 15.9 Å². The van der Waals surface area contributed by atoms with E-state index in [-0.39, 0.29) is 5.82 Å². The lowest BCUT2D eigenvalue weighted by atomic mass is 10.2. The van der Waals surface area contributed by atoms with Crippen molar-refractivity contribution in [1.29, 1.82) is 0 Å². The summed E-state index contributed by atoms with van der Waals surface area (Å²) in [5.74, 6) is -0.677. The second-order valence-corrected chi connectivity index (χ2v) is 4.86. The number of hydrogen-bond donors (Lipinski definition) is 1. The topological polar surface area (TPSA) is 54.9 Å². The number of thiazole rings is 1. The maximum atomic E-state index is 12.5. The Kier molecular flexibility index (Phi) is 3.52. The van der Waals surface area contributed by atoms with Gasteiger partial charge in [-0.2, -0.15) is 13.2 Å². The lowest BCUT2D eigenvalue weighted by Crippen LogP contribution is -2.13. The number of hydrogen-bond acceptors (Lipinski definition) is 4. The van der Waals surface area contributed by atoms with Crippen molar-refractivity contribution in [3.8, 4) is 0 Å². The molecule has 4 nitrogen and oxygen atoms in total. The van der Waals surface area contributed by atoms with Crippen molar-refractivity contribution in [2.24, 2.45) is 0 Å². The van der Waals surface area contributed by atoms with Crippen LogP contribution in [0.15, 0.2) is 24.5 Å². The number of rotatable bonds is 2. The molecule has 100 valence electrons. The molecule has 1 amide bonds. The Morgan fingerprint density at radius 2 is 2.11 bits per heavy atom. The molecule has 0 aliphatic carbocycles. The van der Waals surface area contributed by atoms with Crippen molar-refractivity contribution >= 4 is 23.1 Å². The van der Waals surface area contributed by atoms with Crippen molar-refractivity contribution in [2.75, 3.05) is 5.32 Å². The number of aryl methyl sites for hydroxylation is 1. The third-order valence-corrected chi connectivity index (χ3v) is 3.09. The summed E-state index contributed by atoms with van der Waals surface area (Å²) in [5, 5.41) is 3.00. The third kappa shape index (κ3) is 3.28.